The van der Waals surface area contributed by atoms with Crippen molar-refractivity contribution in [2.75, 3.05) is 19.5 Å². The number of aromatic amines is 1. The number of rotatable bonds is 4. The smallest absolute Gasteiger partial charge is 0.205 e. The fourth-order valence-corrected chi connectivity index (χ4v) is 2.44. The van der Waals surface area contributed by atoms with Gasteiger partial charge in [0, 0.05) is 11.8 Å². The zero-order valence-corrected chi connectivity index (χ0v) is 13.4. The largest absolute Gasteiger partial charge is 0.493 e. The molecule has 1 aromatic heterocycles. The summed E-state index contributed by atoms with van der Waals surface area (Å²) in [6.07, 6.45) is 0. The highest BCUT2D eigenvalue weighted by molar-refractivity contribution is 6.42. The summed E-state index contributed by atoms with van der Waals surface area (Å²) >= 11 is 12.0. The molecule has 1 heterocycles. The summed E-state index contributed by atoms with van der Waals surface area (Å²) in [6, 6.07) is 8.97. The zero-order valence-electron chi connectivity index (χ0n) is 11.9. The van der Waals surface area contributed by atoms with Gasteiger partial charge in [-0.3, -0.25) is 0 Å². The van der Waals surface area contributed by atoms with E-state index in [1.807, 2.05) is 18.2 Å². The number of nitrogens with one attached hydrogen (secondary N) is 2. The number of H-pyrrole nitrogens is 1. The summed E-state index contributed by atoms with van der Waals surface area (Å²) in [5.41, 5.74) is 2.35. The maximum Gasteiger partial charge on any atom is 0.205 e. The van der Waals surface area contributed by atoms with Crippen molar-refractivity contribution in [2.45, 2.75) is 0 Å². The maximum atomic E-state index is 6.00. The van der Waals surface area contributed by atoms with Gasteiger partial charge in [0.2, 0.25) is 5.95 Å². The first-order valence-corrected chi connectivity index (χ1v) is 7.20. The summed E-state index contributed by atoms with van der Waals surface area (Å²) in [7, 11) is 3.19. The Labute approximate surface area is 137 Å². The zero-order chi connectivity index (χ0) is 15.7. The van der Waals surface area contributed by atoms with Crippen LogP contribution in [0.3, 0.4) is 0 Å². The van der Waals surface area contributed by atoms with Crippen molar-refractivity contribution in [2.24, 2.45) is 0 Å². The van der Waals surface area contributed by atoms with Gasteiger partial charge in [0.15, 0.2) is 11.5 Å². The van der Waals surface area contributed by atoms with Crippen LogP contribution in [0.4, 0.5) is 11.6 Å². The topological polar surface area (TPSA) is 59.2 Å². The highest BCUT2D eigenvalue weighted by atomic mass is 35.5. The number of anilines is 2. The van der Waals surface area contributed by atoms with E-state index in [0.717, 1.165) is 16.7 Å². The average molecular weight is 338 g/mol. The van der Waals surface area contributed by atoms with E-state index < -0.39 is 0 Å². The molecule has 0 aliphatic carbocycles. The average Bonchev–Trinajstić information content (AvgIpc) is 2.88. The van der Waals surface area contributed by atoms with Crippen LogP contribution >= 0.6 is 23.2 Å². The van der Waals surface area contributed by atoms with Crippen LogP contribution in [-0.4, -0.2) is 24.2 Å². The number of halogens is 2. The molecule has 0 atom stereocenters. The van der Waals surface area contributed by atoms with Crippen LogP contribution in [0.1, 0.15) is 0 Å². The Balaban J connectivity index is 1.92. The molecular weight excluding hydrogens is 325 g/mol. The summed E-state index contributed by atoms with van der Waals surface area (Å²) in [6.45, 7) is 0. The maximum absolute atomic E-state index is 6.00. The Morgan fingerprint density at radius 2 is 1.73 bits per heavy atom. The molecule has 3 aromatic rings. The number of methoxy groups -OCH3 is 2. The van der Waals surface area contributed by atoms with Gasteiger partial charge in [0.1, 0.15) is 0 Å². The summed E-state index contributed by atoms with van der Waals surface area (Å²) in [4.78, 5) is 7.57. The van der Waals surface area contributed by atoms with Crippen molar-refractivity contribution < 1.29 is 9.47 Å². The van der Waals surface area contributed by atoms with Crippen molar-refractivity contribution >= 4 is 45.9 Å². The van der Waals surface area contributed by atoms with Crippen LogP contribution in [0.5, 0.6) is 11.5 Å². The van der Waals surface area contributed by atoms with Crippen LogP contribution in [0.25, 0.3) is 11.0 Å². The minimum atomic E-state index is 0.471. The van der Waals surface area contributed by atoms with E-state index in [1.165, 1.54) is 0 Å². The number of imidazole rings is 1. The highest BCUT2D eigenvalue weighted by Gasteiger charge is 2.09. The van der Waals surface area contributed by atoms with E-state index in [9.17, 15) is 0 Å². The number of hydrogen-bond acceptors (Lipinski definition) is 4. The predicted octanol–water partition coefficient (Wildman–Crippen LogP) is 4.63. The van der Waals surface area contributed by atoms with Crippen LogP contribution < -0.4 is 14.8 Å². The SMILES string of the molecule is COc1ccc(Nc2nc3cc(Cl)c(Cl)cc3[nH]2)cc1OC. The molecule has 114 valence electrons. The molecule has 0 radical (unpaired) electrons. The first kappa shape index (κ1) is 14.8. The van der Waals surface area contributed by atoms with Gasteiger partial charge in [-0.2, -0.15) is 0 Å². The standard InChI is InChI=1S/C15H13Cl2N3O2/c1-21-13-4-3-8(5-14(13)22-2)18-15-19-11-6-9(16)10(17)7-12(11)20-15/h3-7H,1-2H3,(H2,18,19,20). The minimum absolute atomic E-state index is 0.471. The van der Waals surface area contributed by atoms with Crippen LogP contribution in [0.15, 0.2) is 30.3 Å². The normalized spacial score (nSPS) is 10.7. The lowest BCUT2D eigenvalue weighted by molar-refractivity contribution is 0.355. The lowest BCUT2D eigenvalue weighted by Crippen LogP contribution is -1.95. The van der Waals surface area contributed by atoms with Crippen molar-refractivity contribution in [3.63, 3.8) is 0 Å². The Hall–Kier alpha value is -2.11. The predicted molar refractivity (Wildman–Crippen MR) is 88.9 cm³/mol. The highest BCUT2D eigenvalue weighted by Crippen LogP contribution is 2.32. The van der Waals surface area contributed by atoms with E-state index in [1.54, 1.807) is 26.4 Å². The number of fused-ring (bicyclic) bond motifs is 1. The molecule has 22 heavy (non-hydrogen) atoms. The van der Waals surface area contributed by atoms with E-state index in [0.29, 0.717) is 27.5 Å². The lowest BCUT2D eigenvalue weighted by atomic mass is 10.3. The molecule has 0 aliphatic rings. The molecule has 0 fully saturated rings. The third kappa shape index (κ3) is 2.77. The molecule has 2 N–H and O–H groups in total. The molecular formula is C15H13Cl2N3O2. The molecule has 0 aliphatic heterocycles. The van der Waals surface area contributed by atoms with Crippen molar-refractivity contribution in [3.8, 4) is 11.5 Å². The van der Waals surface area contributed by atoms with Crippen LogP contribution in [0, 0.1) is 0 Å². The Bertz CT molecular complexity index is 794. The van der Waals surface area contributed by atoms with Gasteiger partial charge < -0.3 is 19.8 Å². The van der Waals surface area contributed by atoms with Crippen molar-refractivity contribution in [1.82, 2.24) is 9.97 Å². The number of hydrogen-bond donors (Lipinski definition) is 2. The second-order valence-corrected chi connectivity index (χ2v) is 5.38. The molecule has 7 heteroatoms. The third-order valence-electron chi connectivity index (χ3n) is 3.17. The quantitative estimate of drug-likeness (QED) is 0.728. The fourth-order valence-electron chi connectivity index (χ4n) is 2.11. The van der Waals surface area contributed by atoms with Gasteiger partial charge in [-0.15, -0.1) is 0 Å². The summed E-state index contributed by atoms with van der Waals surface area (Å²) < 4.78 is 10.5. The Morgan fingerprint density at radius 1 is 1.00 bits per heavy atom. The Morgan fingerprint density at radius 3 is 2.45 bits per heavy atom. The van der Waals surface area contributed by atoms with Gasteiger partial charge in [-0.1, -0.05) is 23.2 Å². The van der Waals surface area contributed by atoms with Crippen molar-refractivity contribution in [1.29, 1.82) is 0 Å². The second-order valence-electron chi connectivity index (χ2n) is 4.56. The summed E-state index contributed by atoms with van der Waals surface area (Å²) in [5.74, 6) is 1.88. The number of nitrogens with zero attached hydrogens (tertiary/aromatic N) is 1. The van der Waals surface area contributed by atoms with Crippen molar-refractivity contribution in [3.05, 3.63) is 40.4 Å². The Kier molecular flexibility index (Phi) is 4.00. The molecule has 5 nitrogen and oxygen atoms in total. The number of benzene rings is 2. The molecule has 0 unspecified atom stereocenters. The van der Waals surface area contributed by atoms with Crippen LogP contribution in [-0.2, 0) is 0 Å². The van der Waals surface area contributed by atoms with E-state index in [-0.39, 0.29) is 0 Å². The van der Waals surface area contributed by atoms with Gasteiger partial charge in [-0.25, -0.2) is 4.98 Å². The van der Waals surface area contributed by atoms with E-state index in [2.05, 4.69) is 15.3 Å². The van der Waals surface area contributed by atoms with Crippen LogP contribution in [0.2, 0.25) is 10.0 Å². The lowest BCUT2D eigenvalue weighted by Gasteiger charge is -2.09. The molecule has 0 bridgehead atoms. The molecule has 2 aromatic carbocycles. The van der Waals surface area contributed by atoms with E-state index >= 15 is 0 Å². The monoisotopic (exact) mass is 337 g/mol. The van der Waals surface area contributed by atoms with Gasteiger partial charge in [0.05, 0.1) is 35.3 Å². The first-order chi connectivity index (χ1) is 10.6. The number of ether oxygens (including phenoxy) is 2. The molecule has 3 rings (SSSR count). The first-order valence-electron chi connectivity index (χ1n) is 6.44. The summed E-state index contributed by atoms with van der Waals surface area (Å²) in [5, 5.41) is 4.12. The van der Waals surface area contributed by atoms with E-state index in [4.69, 9.17) is 32.7 Å². The molecule has 0 saturated carbocycles. The minimum Gasteiger partial charge on any atom is -0.493 e. The second kappa shape index (κ2) is 5.94. The molecule has 0 saturated heterocycles. The molecule has 0 spiro atoms. The number of aromatic nitrogens is 2. The van der Waals surface area contributed by atoms with Gasteiger partial charge in [-0.05, 0) is 24.3 Å². The third-order valence-corrected chi connectivity index (χ3v) is 3.89. The fraction of sp³-hybridized carbons (Fsp3) is 0.133. The van der Waals surface area contributed by atoms with Gasteiger partial charge >= 0.3 is 0 Å². The van der Waals surface area contributed by atoms with Gasteiger partial charge in [0.25, 0.3) is 0 Å². The molecule has 0 amide bonds.